The number of urea groups is 1. The van der Waals surface area contributed by atoms with E-state index in [9.17, 15) is 9.59 Å². The van der Waals surface area contributed by atoms with Gasteiger partial charge >= 0.3 is 6.03 Å². The summed E-state index contributed by atoms with van der Waals surface area (Å²) in [5.41, 5.74) is 0.314. The van der Waals surface area contributed by atoms with Crippen LogP contribution in [-0.4, -0.2) is 29.9 Å². The van der Waals surface area contributed by atoms with Gasteiger partial charge in [-0.1, -0.05) is 39.0 Å². The van der Waals surface area contributed by atoms with E-state index >= 15 is 0 Å². The minimum atomic E-state index is -0.525. The first kappa shape index (κ1) is 12.6. The molecule has 1 saturated heterocycles. The molecule has 1 aromatic carbocycles. The summed E-state index contributed by atoms with van der Waals surface area (Å²) in [6, 6.07) is 9.21. The highest BCUT2D eigenvalue weighted by Gasteiger charge is 2.38. The quantitative estimate of drug-likeness (QED) is 0.764. The number of amides is 3. The number of benzene rings is 1. The van der Waals surface area contributed by atoms with Gasteiger partial charge in [0.25, 0.3) is 0 Å². The summed E-state index contributed by atoms with van der Waals surface area (Å²) in [6.45, 7) is 6.50. The lowest BCUT2D eigenvalue weighted by Crippen LogP contribution is -2.42. The average Bonchev–Trinajstić information content (AvgIpc) is 2.70. The number of para-hydroxylation sites is 1. The highest BCUT2D eigenvalue weighted by atomic mass is 16.2. The number of rotatable bonds is 1. The van der Waals surface area contributed by atoms with Crippen LogP contribution in [-0.2, 0) is 4.79 Å². The van der Waals surface area contributed by atoms with Crippen molar-refractivity contribution >= 4 is 17.6 Å². The van der Waals surface area contributed by atoms with Crippen LogP contribution in [0.25, 0.3) is 0 Å². The zero-order chi connectivity index (χ0) is 13.3. The summed E-state index contributed by atoms with van der Waals surface area (Å²) in [4.78, 5) is 27.3. The Hall–Kier alpha value is -1.84. The molecule has 96 valence electrons. The highest BCUT2D eigenvalue weighted by Crippen LogP contribution is 2.24. The third-order valence-corrected chi connectivity index (χ3v) is 2.96. The third-order valence-electron chi connectivity index (χ3n) is 2.96. The fourth-order valence-electron chi connectivity index (χ4n) is 1.98. The van der Waals surface area contributed by atoms with Gasteiger partial charge in [0.1, 0.15) is 0 Å². The second-order valence-corrected chi connectivity index (χ2v) is 5.48. The molecule has 2 rings (SSSR count). The lowest BCUT2D eigenvalue weighted by atomic mass is 9.95. The van der Waals surface area contributed by atoms with Gasteiger partial charge < -0.3 is 0 Å². The van der Waals surface area contributed by atoms with Crippen molar-refractivity contribution < 1.29 is 9.59 Å². The van der Waals surface area contributed by atoms with Crippen molar-refractivity contribution in [2.45, 2.75) is 20.8 Å². The SMILES string of the molecule is CC(C)(C)C(=O)N1CCN(c2ccccc2)C1=O. The molecule has 1 fully saturated rings. The molecule has 1 heterocycles. The van der Waals surface area contributed by atoms with Gasteiger partial charge in [-0.3, -0.25) is 14.6 Å². The van der Waals surface area contributed by atoms with Crippen LogP contribution in [0, 0.1) is 5.41 Å². The van der Waals surface area contributed by atoms with Gasteiger partial charge in [0, 0.05) is 24.2 Å². The van der Waals surface area contributed by atoms with Gasteiger partial charge in [0.05, 0.1) is 0 Å². The largest absolute Gasteiger partial charge is 0.331 e. The Bertz CT molecular complexity index is 462. The Balaban J connectivity index is 2.18. The molecule has 3 amide bonds. The number of anilines is 1. The minimum absolute atomic E-state index is 0.120. The molecule has 0 radical (unpaired) electrons. The van der Waals surface area contributed by atoms with Crippen molar-refractivity contribution in [2.75, 3.05) is 18.0 Å². The molecule has 0 saturated carbocycles. The van der Waals surface area contributed by atoms with Gasteiger partial charge in [0.15, 0.2) is 0 Å². The zero-order valence-corrected chi connectivity index (χ0v) is 11.0. The lowest BCUT2D eigenvalue weighted by molar-refractivity contribution is -0.135. The standard InChI is InChI=1S/C14H18N2O2/c1-14(2,3)12(17)16-10-9-15(13(16)18)11-7-5-4-6-8-11/h4-8H,9-10H2,1-3H3. The molecular weight excluding hydrogens is 228 g/mol. The Morgan fingerprint density at radius 2 is 1.72 bits per heavy atom. The maximum atomic E-state index is 12.2. The molecule has 4 heteroatoms. The molecule has 1 aromatic rings. The smallest absolute Gasteiger partial charge is 0.292 e. The van der Waals surface area contributed by atoms with Gasteiger partial charge in [-0.2, -0.15) is 0 Å². The van der Waals surface area contributed by atoms with Gasteiger partial charge in [-0.15, -0.1) is 0 Å². The first-order chi connectivity index (χ1) is 8.41. The van der Waals surface area contributed by atoms with E-state index in [1.165, 1.54) is 4.90 Å². The van der Waals surface area contributed by atoms with Crippen LogP contribution < -0.4 is 4.90 Å². The molecule has 0 aliphatic carbocycles. The van der Waals surface area contributed by atoms with E-state index in [2.05, 4.69) is 0 Å². The summed E-state index contributed by atoms with van der Waals surface area (Å²) in [7, 11) is 0. The van der Waals surface area contributed by atoms with Gasteiger partial charge in [0.2, 0.25) is 5.91 Å². The van der Waals surface area contributed by atoms with E-state index in [1.54, 1.807) is 4.90 Å². The molecule has 1 aliphatic rings. The maximum absolute atomic E-state index is 12.2. The normalized spacial score (nSPS) is 16.3. The Morgan fingerprint density at radius 3 is 2.28 bits per heavy atom. The topological polar surface area (TPSA) is 40.6 Å². The second kappa shape index (κ2) is 4.44. The number of carbonyl (C=O) groups excluding carboxylic acids is 2. The number of carbonyl (C=O) groups is 2. The van der Waals surface area contributed by atoms with Crippen LogP contribution >= 0.6 is 0 Å². The van der Waals surface area contributed by atoms with E-state index in [4.69, 9.17) is 0 Å². The molecule has 18 heavy (non-hydrogen) atoms. The molecule has 0 bridgehead atoms. The molecule has 0 aromatic heterocycles. The Labute approximate surface area is 107 Å². The van der Waals surface area contributed by atoms with Gasteiger partial charge in [-0.05, 0) is 12.1 Å². The molecule has 4 nitrogen and oxygen atoms in total. The maximum Gasteiger partial charge on any atom is 0.331 e. The van der Waals surface area contributed by atoms with E-state index in [0.717, 1.165) is 5.69 Å². The minimum Gasteiger partial charge on any atom is -0.292 e. The van der Waals surface area contributed by atoms with Crippen LogP contribution in [0.5, 0.6) is 0 Å². The summed E-state index contributed by atoms with van der Waals surface area (Å²) in [5.74, 6) is -0.120. The lowest BCUT2D eigenvalue weighted by Gasteiger charge is -2.24. The van der Waals surface area contributed by atoms with Crippen molar-refractivity contribution in [1.29, 1.82) is 0 Å². The number of nitrogens with zero attached hydrogens (tertiary/aromatic N) is 2. The summed E-state index contributed by atoms with van der Waals surface area (Å²) in [6.07, 6.45) is 0. The van der Waals surface area contributed by atoms with E-state index < -0.39 is 5.41 Å². The van der Waals surface area contributed by atoms with Crippen molar-refractivity contribution in [3.05, 3.63) is 30.3 Å². The summed E-state index contributed by atoms with van der Waals surface area (Å²) >= 11 is 0. The summed E-state index contributed by atoms with van der Waals surface area (Å²) in [5, 5.41) is 0. The van der Waals surface area contributed by atoms with Crippen molar-refractivity contribution in [1.82, 2.24) is 4.90 Å². The Morgan fingerprint density at radius 1 is 1.11 bits per heavy atom. The monoisotopic (exact) mass is 246 g/mol. The zero-order valence-electron chi connectivity index (χ0n) is 11.0. The van der Waals surface area contributed by atoms with Crippen molar-refractivity contribution in [3.8, 4) is 0 Å². The second-order valence-electron chi connectivity index (χ2n) is 5.48. The molecule has 0 unspecified atom stereocenters. The Kier molecular flexibility index (Phi) is 3.11. The number of hydrogen-bond donors (Lipinski definition) is 0. The van der Waals surface area contributed by atoms with Crippen LogP contribution in [0.3, 0.4) is 0 Å². The average molecular weight is 246 g/mol. The van der Waals surface area contributed by atoms with E-state index in [0.29, 0.717) is 13.1 Å². The molecular formula is C14H18N2O2. The molecule has 1 aliphatic heterocycles. The first-order valence-electron chi connectivity index (χ1n) is 6.10. The highest BCUT2D eigenvalue weighted by molar-refractivity contribution is 6.05. The first-order valence-corrected chi connectivity index (χ1v) is 6.10. The van der Waals surface area contributed by atoms with E-state index in [-0.39, 0.29) is 11.9 Å². The predicted octanol–water partition coefficient (Wildman–Crippen LogP) is 2.50. The molecule has 0 atom stereocenters. The third kappa shape index (κ3) is 2.23. The van der Waals surface area contributed by atoms with E-state index in [1.807, 2.05) is 51.1 Å². The number of imide groups is 1. The fraction of sp³-hybridized carbons (Fsp3) is 0.429. The predicted molar refractivity (Wildman–Crippen MR) is 70.4 cm³/mol. The van der Waals surface area contributed by atoms with Crippen LogP contribution in [0.4, 0.5) is 10.5 Å². The van der Waals surface area contributed by atoms with Crippen LogP contribution in [0.1, 0.15) is 20.8 Å². The summed E-state index contributed by atoms with van der Waals surface area (Å²) < 4.78 is 0. The molecule has 0 spiro atoms. The van der Waals surface area contributed by atoms with Gasteiger partial charge in [-0.25, -0.2) is 4.79 Å². The fourth-order valence-corrected chi connectivity index (χ4v) is 1.98. The van der Waals surface area contributed by atoms with Crippen LogP contribution in [0.15, 0.2) is 30.3 Å². The van der Waals surface area contributed by atoms with Crippen LogP contribution in [0.2, 0.25) is 0 Å². The number of hydrogen-bond acceptors (Lipinski definition) is 2. The van der Waals surface area contributed by atoms with Crippen molar-refractivity contribution in [3.63, 3.8) is 0 Å². The molecule has 0 N–H and O–H groups in total. The van der Waals surface area contributed by atoms with Crippen molar-refractivity contribution in [2.24, 2.45) is 5.41 Å².